The van der Waals surface area contributed by atoms with Crippen molar-refractivity contribution in [2.75, 3.05) is 0 Å². The van der Waals surface area contributed by atoms with Crippen molar-refractivity contribution in [1.82, 2.24) is 0 Å². The van der Waals surface area contributed by atoms with Crippen LogP contribution < -0.4 is 0 Å². The maximum atomic E-state index is 12.2. The highest BCUT2D eigenvalue weighted by Crippen LogP contribution is 2.59. The van der Waals surface area contributed by atoms with Gasteiger partial charge in [0.2, 0.25) is 0 Å². The van der Waals surface area contributed by atoms with E-state index >= 15 is 0 Å². The average Bonchev–Trinajstić information content (AvgIpc) is 1.14. The maximum Gasteiger partial charge on any atom is 0.415 e. The Balaban J connectivity index is 3.90. The molecular formula is C3H9FIO2PSi. The molecule has 6 heteroatoms. The SMILES string of the molecule is C[Si](C)(C)OP(=O)(F)I. The van der Waals surface area contributed by atoms with Crippen LogP contribution in [0.5, 0.6) is 0 Å². The molecule has 0 aliphatic rings. The van der Waals surface area contributed by atoms with Gasteiger partial charge in [-0.1, -0.05) is 0 Å². The zero-order valence-electron chi connectivity index (χ0n) is 5.52. The minimum Gasteiger partial charge on any atom is -0.341 e. The van der Waals surface area contributed by atoms with Gasteiger partial charge in [-0.2, -0.15) is 0 Å². The van der Waals surface area contributed by atoms with Crippen LogP contribution >= 0.6 is 27.4 Å². The van der Waals surface area contributed by atoms with Gasteiger partial charge in [0, 0.05) is 0 Å². The Hall–Kier alpha value is 1.07. The topological polar surface area (TPSA) is 26.3 Å². The second-order valence-electron chi connectivity index (χ2n) is 2.62. The maximum absolute atomic E-state index is 12.2. The van der Waals surface area contributed by atoms with Crippen LogP contribution in [0.2, 0.25) is 19.6 Å². The van der Waals surface area contributed by atoms with E-state index < -0.39 is 13.6 Å². The molecule has 0 fully saturated rings. The Labute approximate surface area is 68.4 Å². The minimum atomic E-state index is -3.76. The number of halogens is 2. The predicted octanol–water partition coefficient (Wildman–Crippen LogP) is 3.35. The third-order valence-corrected chi connectivity index (χ3v) is 5.19. The van der Waals surface area contributed by atoms with Gasteiger partial charge >= 0.3 is 5.32 Å². The first-order valence-electron chi connectivity index (χ1n) is 2.41. The largest absolute Gasteiger partial charge is 0.415 e. The van der Waals surface area contributed by atoms with E-state index in [0.29, 0.717) is 0 Å². The predicted molar refractivity (Wildman–Crippen MR) is 47.2 cm³/mol. The van der Waals surface area contributed by atoms with Gasteiger partial charge in [0.05, 0.1) is 22.0 Å². The summed E-state index contributed by atoms with van der Waals surface area (Å²) in [5.41, 5.74) is 0. The highest BCUT2D eigenvalue weighted by Gasteiger charge is 2.26. The van der Waals surface area contributed by atoms with Gasteiger partial charge < -0.3 is 4.21 Å². The van der Waals surface area contributed by atoms with Crippen LogP contribution in [0.1, 0.15) is 0 Å². The molecule has 1 unspecified atom stereocenters. The summed E-state index contributed by atoms with van der Waals surface area (Å²) in [6, 6.07) is 0. The molecule has 0 saturated carbocycles. The van der Waals surface area contributed by atoms with Gasteiger partial charge in [-0.05, 0) is 19.6 Å². The third kappa shape index (κ3) is 9.07. The molecule has 0 heterocycles. The number of rotatable bonds is 2. The molecule has 0 saturated heterocycles. The van der Waals surface area contributed by atoms with Crippen molar-refractivity contribution in [2.45, 2.75) is 19.6 Å². The van der Waals surface area contributed by atoms with Gasteiger partial charge in [0.15, 0.2) is 8.32 Å². The van der Waals surface area contributed by atoms with E-state index in [4.69, 9.17) is 0 Å². The van der Waals surface area contributed by atoms with E-state index in [1.165, 1.54) is 22.0 Å². The molecule has 0 amide bonds. The Bertz CT molecular complexity index is 139. The van der Waals surface area contributed by atoms with E-state index in [1.807, 2.05) is 0 Å². The van der Waals surface area contributed by atoms with Crippen molar-refractivity contribution in [3.05, 3.63) is 0 Å². The zero-order valence-corrected chi connectivity index (χ0v) is 9.57. The summed E-state index contributed by atoms with van der Waals surface area (Å²) in [5.74, 6) is 0. The molecule has 0 aliphatic heterocycles. The molecule has 0 aromatic rings. The van der Waals surface area contributed by atoms with E-state index in [9.17, 15) is 8.76 Å². The minimum absolute atomic E-state index is 1.20. The lowest BCUT2D eigenvalue weighted by Gasteiger charge is -2.15. The average molecular weight is 282 g/mol. The molecule has 0 spiro atoms. The second kappa shape index (κ2) is 2.98. The first-order chi connectivity index (χ1) is 3.71. The molecular weight excluding hydrogens is 273 g/mol. The first-order valence-corrected chi connectivity index (χ1v) is 10.1. The molecule has 0 aliphatic carbocycles. The monoisotopic (exact) mass is 282 g/mol. The standard InChI is InChI=1S/C3H9FIO2PSi/c1-9(2,3)7-8(4,5)6/h1-3H3. The summed E-state index contributed by atoms with van der Waals surface area (Å²) in [7, 11) is -1.94. The molecule has 0 radical (unpaired) electrons. The van der Waals surface area contributed by atoms with E-state index in [0.717, 1.165) is 0 Å². The van der Waals surface area contributed by atoms with Crippen molar-refractivity contribution in [1.29, 1.82) is 0 Å². The summed E-state index contributed by atoms with van der Waals surface area (Å²) in [4.78, 5) is 0. The quantitative estimate of drug-likeness (QED) is 0.441. The van der Waals surface area contributed by atoms with Crippen molar-refractivity contribution < 1.29 is 13.0 Å². The number of hydrogen-bond acceptors (Lipinski definition) is 2. The van der Waals surface area contributed by atoms with E-state index in [1.54, 1.807) is 19.6 Å². The lowest BCUT2D eigenvalue weighted by molar-refractivity contribution is 0.459. The van der Waals surface area contributed by atoms with Crippen molar-refractivity contribution >= 4 is 35.7 Å². The second-order valence-corrected chi connectivity index (χ2v) is 11.9. The van der Waals surface area contributed by atoms with Crippen LogP contribution in [-0.2, 0) is 8.78 Å². The van der Waals surface area contributed by atoms with Crippen LogP contribution in [0.3, 0.4) is 0 Å². The molecule has 2 nitrogen and oxygen atoms in total. The fourth-order valence-corrected chi connectivity index (χ4v) is 8.19. The molecule has 0 bridgehead atoms. The molecule has 1 atom stereocenters. The van der Waals surface area contributed by atoms with E-state index in [-0.39, 0.29) is 0 Å². The third-order valence-electron chi connectivity index (χ3n) is 0.380. The van der Waals surface area contributed by atoms with Gasteiger partial charge in [-0.3, -0.25) is 0 Å². The summed E-state index contributed by atoms with van der Waals surface area (Å²) < 4.78 is 27.2. The van der Waals surface area contributed by atoms with Crippen LogP contribution in [0, 0.1) is 0 Å². The summed E-state index contributed by atoms with van der Waals surface area (Å²) in [6.45, 7) is 5.37. The lowest BCUT2D eigenvalue weighted by atomic mass is 11.8. The zero-order chi connectivity index (χ0) is 7.71. The summed E-state index contributed by atoms with van der Waals surface area (Å²) in [6.07, 6.45) is 0. The van der Waals surface area contributed by atoms with Crippen LogP contribution in [0.4, 0.5) is 4.20 Å². The van der Waals surface area contributed by atoms with Gasteiger partial charge in [0.1, 0.15) is 0 Å². The molecule has 0 aromatic heterocycles. The van der Waals surface area contributed by atoms with Crippen LogP contribution in [0.15, 0.2) is 0 Å². The van der Waals surface area contributed by atoms with Crippen molar-refractivity contribution in [2.24, 2.45) is 0 Å². The fourth-order valence-electron chi connectivity index (χ4n) is 0.319. The molecule has 56 valence electrons. The summed E-state index contributed by atoms with van der Waals surface area (Å²) >= 11 is 1.20. The fraction of sp³-hybridized carbons (Fsp3) is 1.00. The molecule has 0 rings (SSSR count). The Morgan fingerprint density at radius 2 is 1.89 bits per heavy atom. The highest BCUT2D eigenvalue weighted by atomic mass is 127. The van der Waals surface area contributed by atoms with Crippen LogP contribution in [0.25, 0.3) is 0 Å². The van der Waals surface area contributed by atoms with Crippen LogP contribution in [-0.4, -0.2) is 8.32 Å². The van der Waals surface area contributed by atoms with Crippen molar-refractivity contribution in [3.8, 4) is 0 Å². The van der Waals surface area contributed by atoms with Gasteiger partial charge in [0.25, 0.3) is 0 Å². The van der Waals surface area contributed by atoms with Gasteiger partial charge in [-0.15, -0.1) is 4.20 Å². The Morgan fingerprint density at radius 1 is 1.56 bits per heavy atom. The Morgan fingerprint density at radius 3 is 1.89 bits per heavy atom. The molecule has 9 heavy (non-hydrogen) atoms. The smallest absolute Gasteiger partial charge is 0.341 e. The highest BCUT2D eigenvalue weighted by molar-refractivity contribution is 14.2. The molecule has 0 N–H and O–H groups in total. The normalized spacial score (nSPS) is 19.2. The first kappa shape index (κ1) is 10.1. The van der Waals surface area contributed by atoms with E-state index in [2.05, 4.69) is 4.21 Å². The Kier molecular flexibility index (Phi) is 3.34. The number of hydrogen-bond donors (Lipinski definition) is 0. The van der Waals surface area contributed by atoms with Crippen molar-refractivity contribution in [3.63, 3.8) is 0 Å². The van der Waals surface area contributed by atoms with Gasteiger partial charge in [-0.25, -0.2) is 4.57 Å². The molecule has 0 aromatic carbocycles. The summed E-state index contributed by atoms with van der Waals surface area (Å²) in [5, 5.41) is -3.76. The lowest BCUT2D eigenvalue weighted by Crippen LogP contribution is -2.21.